The molecule has 1 fully saturated rings. The number of nitrogens with zero attached hydrogens (tertiary/aromatic N) is 2. The van der Waals surface area contributed by atoms with Gasteiger partial charge in [-0.1, -0.05) is 36.8 Å². The van der Waals surface area contributed by atoms with Crippen LogP contribution in [0.25, 0.3) is 10.9 Å². The first-order chi connectivity index (χ1) is 15.3. The first-order valence-corrected chi connectivity index (χ1v) is 12.7. The maximum absolute atomic E-state index is 13.0. The molecule has 7 heteroatoms. The Bertz CT molecular complexity index is 1190. The van der Waals surface area contributed by atoms with E-state index in [0.717, 1.165) is 30.2 Å². The summed E-state index contributed by atoms with van der Waals surface area (Å²) in [6.45, 7) is 6.15. The van der Waals surface area contributed by atoms with Gasteiger partial charge in [-0.05, 0) is 61.9 Å². The van der Waals surface area contributed by atoms with Crippen molar-refractivity contribution in [3.8, 4) is 0 Å². The van der Waals surface area contributed by atoms with Gasteiger partial charge in [0.2, 0.25) is 15.9 Å². The highest BCUT2D eigenvalue weighted by Crippen LogP contribution is 2.26. The number of nitrogens with one attached hydrogen (secondary N) is 1. The second kappa shape index (κ2) is 9.46. The third-order valence-corrected chi connectivity index (χ3v) is 8.19. The van der Waals surface area contributed by atoms with E-state index in [-0.39, 0.29) is 12.5 Å². The number of hydrogen-bond donors (Lipinski definition) is 1. The van der Waals surface area contributed by atoms with Gasteiger partial charge in [0.25, 0.3) is 0 Å². The first kappa shape index (κ1) is 22.6. The average Bonchev–Trinajstić information content (AvgIpc) is 3.17. The molecular weight excluding hydrogens is 422 g/mol. The molecule has 4 rings (SSSR count). The molecule has 0 saturated carbocycles. The first-order valence-electron chi connectivity index (χ1n) is 11.2. The van der Waals surface area contributed by atoms with Crippen LogP contribution in [0.5, 0.6) is 0 Å². The van der Waals surface area contributed by atoms with Crippen LogP contribution in [0.2, 0.25) is 0 Å². The summed E-state index contributed by atoms with van der Waals surface area (Å²) in [5.41, 5.74) is 3.27. The fourth-order valence-electron chi connectivity index (χ4n) is 4.16. The molecule has 1 aliphatic rings. The second-order valence-corrected chi connectivity index (χ2v) is 10.8. The normalized spacial score (nSPS) is 15.8. The molecule has 1 saturated heterocycles. The van der Waals surface area contributed by atoms with Gasteiger partial charge in [0.05, 0.1) is 4.90 Å². The topological polar surface area (TPSA) is 71.4 Å². The molecule has 0 spiro atoms. The van der Waals surface area contributed by atoms with E-state index < -0.39 is 10.0 Å². The molecule has 170 valence electrons. The lowest BCUT2D eigenvalue weighted by Crippen LogP contribution is -2.37. The molecule has 3 aromatic rings. The fourth-order valence-corrected chi connectivity index (χ4v) is 5.67. The largest absolute Gasteiger partial charge is 0.354 e. The summed E-state index contributed by atoms with van der Waals surface area (Å²) < 4.78 is 29.5. The molecule has 1 amide bonds. The summed E-state index contributed by atoms with van der Waals surface area (Å²) in [6.07, 6.45) is 4.42. The Hall–Kier alpha value is -2.64. The van der Waals surface area contributed by atoms with Gasteiger partial charge in [0.15, 0.2) is 0 Å². The van der Waals surface area contributed by atoms with E-state index in [1.54, 1.807) is 22.5 Å². The zero-order chi connectivity index (χ0) is 22.7. The quantitative estimate of drug-likeness (QED) is 0.593. The van der Waals surface area contributed by atoms with E-state index in [4.69, 9.17) is 0 Å². The summed E-state index contributed by atoms with van der Waals surface area (Å²) in [6, 6.07) is 15.3. The Morgan fingerprint density at radius 1 is 1.06 bits per heavy atom. The molecule has 2 heterocycles. The smallest absolute Gasteiger partial charge is 0.243 e. The number of fused-ring (bicyclic) bond motifs is 1. The predicted octanol–water partition coefficient (Wildman–Crippen LogP) is 3.73. The summed E-state index contributed by atoms with van der Waals surface area (Å²) in [7, 11) is -3.49. The summed E-state index contributed by atoms with van der Waals surface area (Å²) in [4.78, 5) is 12.7. The molecule has 6 nitrogen and oxygen atoms in total. The van der Waals surface area contributed by atoms with Crippen LogP contribution in [0.15, 0.2) is 59.6 Å². The van der Waals surface area contributed by atoms with Crippen molar-refractivity contribution in [3.63, 3.8) is 0 Å². The van der Waals surface area contributed by atoms with Crippen LogP contribution < -0.4 is 5.32 Å². The number of amides is 1. The molecule has 1 N–H and O–H groups in total. The molecule has 0 bridgehead atoms. The molecule has 0 aliphatic carbocycles. The monoisotopic (exact) mass is 453 g/mol. The van der Waals surface area contributed by atoms with Gasteiger partial charge < -0.3 is 9.88 Å². The van der Waals surface area contributed by atoms with Gasteiger partial charge in [-0.15, -0.1) is 0 Å². The Morgan fingerprint density at radius 3 is 2.50 bits per heavy atom. The Kier molecular flexibility index (Phi) is 6.67. The van der Waals surface area contributed by atoms with Crippen LogP contribution >= 0.6 is 0 Å². The predicted molar refractivity (Wildman–Crippen MR) is 127 cm³/mol. The lowest BCUT2D eigenvalue weighted by atomic mass is 10.0. The lowest BCUT2D eigenvalue weighted by Gasteiger charge is -2.29. The third kappa shape index (κ3) is 5.05. The zero-order valence-corrected chi connectivity index (χ0v) is 19.6. The number of hydrogen-bond acceptors (Lipinski definition) is 3. The number of rotatable bonds is 7. The van der Waals surface area contributed by atoms with Gasteiger partial charge >= 0.3 is 0 Å². The van der Waals surface area contributed by atoms with Gasteiger partial charge in [-0.25, -0.2) is 8.42 Å². The standard InChI is InChI=1S/C25H31N3O3S/c1-19-3-5-21(6-4-19)9-13-26-25(29)18-27-14-12-22-17-23(7-8-24(22)27)32(30,31)28-15-10-20(2)11-16-28/h3-8,12,14,17,20H,9-11,13,15-16,18H2,1-2H3,(H,26,29). The number of aryl methyl sites for hydroxylation is 1. The Labute approximate surface area is 190 Å². The van der Waals surface area contributed by atoms with Gasteiger partial charge in [0.1, 0.15) is 6.54 Å². The number of carbonyl (C=O) groups excluding carboxylic acids is 1. The lowest BCUT2D eigenvalue weighted by molar-refractivity contribution is -0.121. The van der Waals surface area contributed by atoms with Crippen molar-refractivity contribution >= 4 is 26.8 Å². The van der Waals surface area contributed by atoms with Crippen LogP contribution in [0.1, 0.15) is 30.9 Å². The van der Waals surface area contributed by atoms with Gasteiger partial charge in [-0.3, -0.25) is 4.79 Å². The Balaban J connectivity index is 1.39. The van der Waals surface area contributed by atoms with Gasteiger partial charge in [0, 0.05) is 36.7 Å². The van der Waals surface area contributed by atoms with Crippen LogP contribution in [-0.2, 0) is 27.8 Å². The van der Waals surface area contributed by atoms with E-state index in [0.29, 0.717) is 30.4 Å². The van der Waals surface area contributed by atoms with Crippen molar-refractivity contribution in [2.45, 2.75) is 44.6 Å². The third-order valence-electron chi connectivity index (χ3n) is 6.29. The number of sulfonamides is 1. The summed E-state index contributed by atoms with van der Waals surface area (Å²) in [5.74, 6) is 0.509. The minimum atomic E-state index is -3.49. The van der Waals surface area contributed by atoms with E-state index in [1.807, 2.05) is 16.8 Å². The van der Waals surface area contributed by atoms with Crippen molar-refractivity contribution in [1.29, 1.82) is 0 Å². The second-order valence-electron chi connectivity index (χ2n) is 8.84. The maximum atomic E-state index is 13.0. The SMILES string of the molecule is Cc1ccc(CCNC(=O)Cn2ccc3cc(S(=O)(=O)N4CCC(C)CC4)ccc32)cc1. The highest BCUT2D eigenvalue weighted by molar-refractivity contribution is 7.89. The molecule has 2 aromatic carbocycles. The number of piperidine rings is 1. The van der Waals surface area contributed by atoms with Crippen LogP contribution in [-0.4, -0.2) is 42.8 Å². The van der Waals surface area contributed by atoms with Crippen molar-refractivity contribution in [2.24, 2.45) is 5.92 Å². The molecule has 0 atom stereocenters. The minimum Gasteiger partial charge on any atom is -0.354 e. The number of aromatic nitrogens is 1. The fraction of sp³-hybridized carbons (Fsp3) is 0.400. The van der Waals surface area contributed by atoms with Gasteiger partial charge in [-0.2, -0.15) is 4.31 Å². The molecule has 0 unspecified atom stereocenters. The minimum absolute atomic E-state index is 0.0613. The Morgan fingerprint density at radius 2 is 1.78 bits per heavy atom. The summed E-state index contributed by atoms with van der Waals surface area (Å²) in [5, 5.41) is 3.79. The van der Waals surface area contributed by atoms with Crippen molar-refractivity contribution in [2.75, 3.05) is 19.6 Å². The molecule has 1 aromatic heterocycles. The molecule has 0 radical (unpaired) electrons. The van der Waals surface area contributed by atoms with Crippen molar-refractivity contribution in [3.05, 3.63) is 65.9 Å². The van der Waals surface area contributed by atoms with E-state index in [1.165, 1.54) is 11.1 Å². The zero-order valence-electron chi connectivity index (χ0n) is 18.8. The van der Waals surface area contributed by atoms with Crippen molar-refractivity contribution < 1.29 is 13.2 Å². The molecule has 1 aliphatic heterocycles. The molecule has 32 heavy (non-hydrogen) atoms. The van der Waals surface area contributed by atoms with E-state index in [9.17, 15) is 13.2 Å². The van der Waals surface area contributed by atoms with Crippen LogP contribution in [0.4, 0.5) is 0 Å². The highest BCUT2D eigenvalue weighted by atomic mass is 32.2. The van der Waals surface area contributed by atoms with Crippen LogP contribution in [0.3, 0.4) is 0 Å². The summed E-state index contributed by atoms with van der Waals surface area (Å²) >= 11 is 0. The highest BCUT2D eigenvalue weighted by Gasteiger charge is 2.28. The average molecular weight is 454 g/mol. The van der Waals surface area contributed by atoms with Crippen molar-refractivity contribution in [1.82, 2.24) is 14.2 Å². The van der Waals surface area contributed by atoms with Crippen LogP contribution in [0, 0.1) is 12.8 Å². The maximum Gasteiger partial charge on any atom is 0.243 e. The number of benzene rings is 2. The number of carbonyl (C=O) groups is 1. The van der Waals surface area contributed by atoms with E-state index >= 15 is 0 Å². The van der Waals surface area contributed by atoms with E-state index in [2.05, 4.69) is 43.4 Å². The molecular formula is C25H31N3O3S.